The van der Waals surface area contributed by atoms with Gasteiger partial charge in [0.25, 0.3) is 5.91 Å². The third kappa shape index (κ3) is 4.91. The zero-order valence-corrected chi connectivity index (χ0v) is 16.6. The average molecular weight is 386 g/mol. The molecule has 1 saturated carbocycles. The lowest BCUT2D eigenvalue weighted by molar-refractivity contribution is -0.145. The van der Waals surface area contributed by atoms with Crippen molar-refractivity contribution >= 4 is 17.8 Å². The summed E-state index contributed by atoms with van der Waals surface area (Å²) >= 11 is 0. The van der Waals surface area contributed by atoms with Gasteiger partial charge in [-0.25, -0.2) is 0 Å². The molecule has 0 radical (unpaired) electrons. The van der Waals surface area contributed by atoms with Crippen molar-refractivity contribution in [2.75, 3.05) is 26.7 Å². The Morgan fingerprint density at radius 1 is 1.00 bits per heavy atom. The van der Waals surface area contributed by atoms with E-state index < -0.39 is 5.97 Å². The summed E-state index contributed by atoms with van der Waals surface area (Å²) in [6.07, 6.45) is 7.27. The molecule has 152 valence electrons. The Kier molecular flexibility index (Phi) is 6.70. The summed E-state index contributed by atoms with van der Waals surface area (Å²) in [4.78, 5) is 39.3. The second-order valence-corrected chi connectivity index (χ2v) is 8.11. The fourth-order valence-corrected chi connectivity index (χ4v) is 4.30. The Morgan fingerprint density at radius 2 is 1.61 bits per heavy atom. The minimum atomic E-state index is -0.795. The number of aliphatic carboxylic acids is 1. The predicted octanol–water partition coefficient (Wildman–Crippen LogP) is 3.13. The van der Waals surface area contributed by atoms with Crippen molar-refractivity contribution in [3.8, 4) is 0 Å². The van der Waals surface area contributed by atoms with Crippen molar-refractivity contribution in [3.05, 3.63) is 35.4 Å². The zero-order chi connectivity index (χ0) is 20.1. The molecule has 28 heavy (non-hydrogen) atoms. The summed E-state index contributed by atoms with van der Waals surface area (Å²) in [5.74, 6) is -0.851. The maximum atomic E-state index is 12.7. The summed E-state index contributed by atoms with van der Waals surface area (Å²) in [6, 6.07) is 7.84. The highest BCUT2D eigenvalue weighted by Gasteiger charge is 2.28. The molecule has 2 fully saturated rings. The molecule has 1 aliphatic heterocycles. The molecule has 6 heteroatoms. The fourth-order valence-electron chi connectivity index (χ4n) is 4.30. The van der Waals surface area contributed by atoms with Gasteiger partial charge in [-0.15, -0.1) is 0 Å². The highest BCUT2D eigenvalue weighted by atomic mass is 16.4. The molecule has 1 aliphatic carbocycles. The van der Waals surface area contributed by atoms with Gasteiger partial charge in [0.15, 0.2) is 0 Å². The van der Waals surface area contributed by atoms with Gasteiger partial charge >= 0.3 is 5.97 Å². The molecule has 1 heterocycles. The van der Waals surface area contributed by atoms with Crippen molar-refractivity contribution in [1.82, 2.24) is 9.80 Å². The maximum Gasteiger partial charge on any atom is 0.306 e. The summed E-state index contributed by atoms with van der Waals surface area (Å²) in [7, 11) is 1.64. The van der Waals surface area contributed by atoms with Gasteiger partial charge in [-0.1, -0.05) is 31.4 Å². The van der Waals surface area contributed by atoms with Crippen LogP contribution in [0.4, 0.5) is 0 Å². The summed E-state index contributed by atoms with van der Waals surface area (Å²) in [6.45, 7) is 0.892. The summed E-state index contributed by atoms with van der Waals surface area (Å²) in [5, 5.41) is 9.05. The minimum Gasteiger partial charge on any atom is -0.481 e. The highest BCUT2D eigenvalue weighted by Crippen LogP contribution is 2.32. The molecule has 0 atom stereocenters. The fraction of sp³-hybridized carbons (Fsp3) is 0.591. The Labute approximate surface area is 166 Å². The van der Waals surface area contributed by atoms with Crippen LogP contribution in [-0.4, -0.2) is 59.4 Å². The van der Waals surface area contributed by atoms with Crippen LogP contribution in [0.3, 0.4) is 0 Å². The molecule has 0 spiro atoms. The van der Waals surface area contributed by atoms with Crippen LogP contribution in [0, 0.1) is 5.92 Å². The molecular formula is C22H30N2O4. The molecule has 1 N–H and O–H groups in total. The van der Waals surface area contributed by atoms with Gasteiger partial charge in [-0.2, -0.15) is 0 Å². The van der Waals surface area contributed by atoms with E-state index in [-0.39, 0.29) is 24.3 Å². The topological polar surface area (TPSA) is 77.9 Å². The van der Waals surface area contributed by atoms with E-state index in [2.05, 4.69) is 12.1 Å². The minimum absolute atomic E-state index is 0.0148. The predicted molar refractivity (Wildman–Crippen MR) is 106 cm³/mol. The third-order valence-electron chi connectivity index (χ3n) is 6.15. The first kappa shape index (κ1) is 20.4. The lowest BCUT2D eigenvalue weighted by Crippen LogP contribution is -2.45. The van der Waals surface area contributed by atoms with E-state index in [1.165, 1.54) is 42.6 Å². The monoisotopic (exact) mass is 386 g/mol. The molecule has 3 rings (SSSR count). The summed E-state index contributed by atoms with van der Waals surface area (Å²) in [5.41, 5.74) is 1.90. The number of rotatable bonds is 5. The number of amides is 2. The van der Waals surface area contributed by atoms with Crippen molar-refractivity contribution in [3.63, 3.8) is 0 Å². The number of hydrogen-bond donors (Lipinski definition) is 1. The van der Waals surface area contributed by atoms with Crippen LogP contribution < -0.4 is 0 Å². The molecule has 1 aromatic carbocycles. The normalized spacial score (nSPS) is 18.7. The number of hydrogen-bond acceptors (Lipinski definition) is 3. The van der Waals surface area contributed by atoms with E-state index in [0.29, 0.717) is 37.4 Å². The largest absolute Gasteiger partial charge is 0.481 e. The first-order valence-corrected chi connectivity index (χ1v) is 10.3. The van der Waals surface area contributed by atoms with E-state index >= 15 is 0 Å². The van der Waals surface area contributed by atoms with Crippen LogP contribution in [-0.2, 0) is 9.59 Å². The molecule has 2 aliphatic rings. The molecule has 0 bridgehead atoms. The van der Waals surface area contributed by atoms with Gasteiger partial charge in [0, 0.05) is 25.7 Å². The molecule has 1 aromatic rings. The van der Waals surface area contributed by atoms with Gasteiger partial charge in [-0.05, 0) is 49.3 Å². The van der Waals surface area contributed by atoms with Crippen LogP contribution in [0.2, 0.25) is 0 Å². The lowest BCUT2D eigenvalue weighted by atomic mass is 9.84. The van der Waals surface area contributed by atoms with Crippen LogP contribution in [0.15, 0.2) is 24.3 Å². The van der Waals surface area contributed by atoms with Gasteiger partial charge < -0.3 is 14.9 Å². The van der Waals surface area contributed by atoms with E-state index in [1.54, 1.807) is 11.9 Å². The van der Waals surface area contributed by atoms with Crippen LogP contribution >= 0.6 is 0 Å². The van der Waals surface area contributed by atoms with Crippen LogP contribution in [0.1, 0.15) is 66.8 Å². The molecule has 0 unspecified atom stereocenters. The average Bonchev–Trinajstić information content (AvgIpc) is 2.74. The number of nitrogens with zero attached hydrogens (tertiary/aromatic N) is 2. The van der Waals surface area contributed by atoms with E-state index in [1.807, 2.05) is 12.1 Å². The first-order chi connectivity index (χ1) is 13.5. The van der Waals surface area contributed by atoms with E-state index in [4.69, 9.17) is 5.11 Å². The SMILES string of the molecule is CN(CC(=O)N1CCC(C(=O)O)CC1)C(=O)c1ccc(C2CCCCC2)cc1. The number of carbonyl (C=O) groups excluding carboxylic acids is 2. The number of carboxylic acids is 1. The van der Waals surface area contributed by atoms with Crippen molar-refractivity contribution in [2.45, 2.75) is 50.9 Å². The quantitative estimate of drug-likeness (QED) is 0.843. The van der Waals surface area contributed by atoms with Crippen LogP contribution in [0.5, 0.6) is 0 Å². The Balaban J connectivity index is 1.52. The second-order valence-electron chi connectivity index (χ2n) is 8.11. The van der Waals surface area contributed by atoms with E-state index in [0.717, 1.165) is 0 Å². The van der Waals surface area contributed by atoms with Gasteiger partial charge in [0.2, 0.25) is 5.91 Å². The number of likely N-dealkylation sites (tertiary alicyclic amines) is 1. The number of likely N-dealkylation sites (N-methyl/N-ethyl adjacent to an activating group) is 1. The number of benzene rings is 1. The van der Waals surface area contributed by atoms with E-state index in [9.17, 15) is 14.4 Å². The van der Waals surface area contributed by atoms with Gasteiger partial charge in [0.05, 0.1) is 12.5 Å². The summed E-state index contributed by atoms with van der Waals surface area (Å²) < 4.78 is 0. The number of carbonyl (C=O) groups is 3. The van der Waals surface area contributed by atoms with Gasteiger partial charge in [0.1, 0.15) is 0 Å². The first-order valence-electron chi connectivity index (χ1n) is 10.3. The van der Waals surface area contributed by atoms with Crippen molar-refractivity contribution in [1.29, 1.82) is 0 Å². The van der Waals surface area contributed by atoms with Gasteiger partial charge in [-0.3, -0.25) is 14.4 Å². The standard InChI is InChI=1S/C22H30N2O4/c1-23(15-20(25)24-13-11-19(12-14-24)22(27)28)21(26)18-9-7-17(8-10-18)16-5-3-2-4-6-16/h7-10,16,19H,2-6,11-15H2,1H3,(H,27,28). The van der Waals surface area contributed by atoms with Crippen molar-refractivity contribution in [2.24, 2.45) is 5.92 Å². The van der Waals surface area contributed by atoms with Crippen LogP contribution in [0.25, 0.3) is 0 Å². The maximum absolute atomic E-state index is 12.7. The Bertz CT molecular complexity index is 702. The number of carboxylic acid groups (broad SMARTS) is 1. The molecule has 1 saturated heterocycles. The molecule has 2 amide bonds. The Hall–Kier alpha value is -2.37. The Morgan fingerprint density at radius 3 is 2.18 bits per heavy atom. The smallest absolute Gasteiger partial charge is 0.306 e. The third-order valence-corrected chi connectivity index (χ3v) is 6.15. The molecular weight excluding hydrogens is 356 g/mol. The zero-order valence-electron chi connectivity index (χ0n) is 16.6. The lowest BCUT2D eigenvalue weighted by Gasteiger charge is -2.31. The highest BCUT2D eigenvalue weighted by molar-refractivity contribution is 5.96. The second kappa shape index (κ2) is 9.22. The number of piperidine rings is 1. The molecule has 0 aromatic heterocycles. The van der Waals surface area contributed by atoms with Crippen molar-refractivity contribution < 1.29 is 19.5 Å². The molecule has 6 nitrogen and oxygen atoms in total.